The van der Waals surface area contributed by atoms with Gasteiger partial charge < -0.3 is 8.10 Å². The van der Waals surface area contributed by atoms with E-state index in [0.29, 0.717) is 0 Å². The summed E-state index contributed by atoms with van der Waals surface area (Å²) in [6, 6.07) is 10.4. The van der Waals surface area contributed by atoms with Crippen LogP contribution in [0.15, 0.2) is 30.3 Å². The number of benzene rings is 1. The van der Waals surface area contributed by atoms with Crippen LogP contribution in [0.2, 0.25) is 0 Å². The fourth-order valence-corrected chi connectivity index (χ4v) is 1.48. The normalized spacial score (nSPS) is 10.5. The molecular weight excluding hydrogens is 263 g/mol. The van der Waals surface area contributed by atoms with E-state index in [0.717, 1.165) is 5.82 Å². The van der Waals surface area contributed by atoms with Crippen LogP contribution in [0.25, 0.3) is 10.9 Å². The summed E-state index contributed by atoms with van der Waals surface area (Å²) in [6.45, 7) is 0. The molecule has 1 aromatic carbocycles. The first kappa shape index (κ1) is 7.91. The second-order valence-corrected chi connectivity index (χ2v) is 4.17. The van der Waals surface area contributed by atoms with Crippen LogP contribution in [0.4, 0.5) is 5.82 Å². The van der Waals surface area contributed by atoms with Gasteiger partial charge >= 0.3 is 0 Å². The number of rotatable bonds is 1. The summed E-state index contributed by atoms with van der Waals surface area (Å²) in [5.41, 5.74) is 1.19. The maximum absolute atomic E-state index is 3.31. The number of hydrogen-bond acceptors (Lipinski definition) is 1. The summed E-state index contributed by atoms with van der Waals surface area (Å²) in [6.07, 6.45) is 0. The van der Waals surface area contributed by atoms with Crippen molar-refractivity contribution in [1.29, 1.82) is 0 Å². The molecule has 0 aliphatic carbocycles. The molecule has 0 aliphatic heterocycles. The molecule has 62 valence electrons. The van der Waals surface area contributed by atoms with Crippen LogP contribution in [0.1, 0.15) is 0 Å². The maximum atomic E-state index is 3.31. The molecule has 2 rings (SSSR count). The highest BCUT2D eigenvalue weighted by molar-refractivity contribution is 14.1. The monoisotopic (exact) mass is 272 g/mol. The predicted molar refractivity (Wildman–Crippen MR) is 60.7 cm³/mol. The zero-order valence-electron chi connectivity index (χ0n) is 6.71. The van der Waals surface area contributed by atoms with E-state index in [1.54, 1.807) is 0 Å². The molecule has 3 heteroatoms. The van der Waals surface area contributed by atoms with Crippen LogP contribution >= 0.6 is 22.9 Å². The first-order chi connectivity index (χ1) is 5.77. The van der Waals surface area contributed by atoms with Crippen LogP contribution in [-0.4, -0.2) is 12.0 Å². The Balaban J connectivity index is 2.62. The smallest absolute Gasteiger partial charge is 0.115 e. The third kappa shape index (κ3) is 1.29. The third-order valence-corrected chi connectivity index (χ3v) is 2.37. The van der Waals surface area contributed by atoms with Crippen LogP contribution in [0.5, 0.6) is 0 Å². The van der Waals surface area contributed by atoms with E-state index < -0.39 is 0 Å². The molecule has 0 unspecified atom stereocenters. The van der Waals surface area contributed by atoms with Crippen molar-refractivity contribution in [1.82, 2.24) is 4.98 Å². The Morgan fingerprint density at radius 3 is 2.75 bits per heavy atom. The highest BCUT2D eigenvalue weighted by Gasteiger charge is 2.00. The summed E-state index contributed by atoms with van der Waals surface area (Å²) in [4.78, 5) is 3.31. The molecule has 0 saturated heterocycles. The number of aromatic nitrogens is 1. The van der Waals surface area contributed by atoms with Gasteiger partial charge in [-0.15, -0.1) is 0 Å². The van der Waals surface area contributed by atoms with Crippen molar-refractivity contribution in [3.8, 4) is 0 Å². The van der Waals surface area contributed by atoms with Crippen LogP contribution in [-0.2, 0) is 0 Å². The topological polar surface area (TPSA) is 19.0 Å². The molecule has 0 saturated carbocycles. The molecule has 0 amide bonds. The molecule has 1 aromatic heterocycles. The molecule has 2 nitrogen and oxygen atoms in total. The minimum Gasteiger partial charge on any atom is -0.341 e. The molecule has 0 spiro atoms. The average molecular weight is 272 g/mol. The van der Waals surface area contributed by atoms with Crippen molar-refractivity contribution in [3.63, 3.8) is 0 Å². The van der Waals surface area contributed by atoms with E-state index in [2.05, 4.69) is 46.0 Å². The minimum atomic E-state index is 1.14. The second kappa shape index (κ2) is 2.97. The molecule has 0 radical (unpaired) electrons. The average Bonchev–Trinajstić information content (AvgIpc) is 2.46. The fourth-order valence-electron chi connectivity index (χ4n) is 1.22. The summed E-state index contributed by atoms with van der Waals surface area (Å²) in [7, 11) is 2.02. The van der Waals surface area contributed by atoms with E-state index >= 15 is 0 Å². The minimum absolute atomic E-state index is 1.14. The number of aromatic amines is 1. The first-order valence-corrected chi connectivity index (χ1v) is 4.71. The summed E-state index contributed by atoms with van der Waals surface area (Å²) >= 11 is 2.25. The van der Waals surface area contributed by atoms with E-state index in [1.807, 2.05) is 22.3 Å². The number of anilines is 1. The number of para-hydroxylation sites is 1. The fraction of sp³-hybridized carbons (Fsp3) is 0.111. The molecule has 0 aliphatic rings. The SMILES string of the molecule is CN(I)c1cc2ccccc2[nH]1. The van der Waals surface area contributed by atoms with Gasteiger partial charge in [-0.2, -0.15) is 0 Å². The highest BCUT2D eigenvalue weighted by atomic mass is 127. The third-order valence-electron chi connectivity index (χ3n) is 1.85. The van der Waals surface area contributed by atoms with Gasteiger partial charge in [-0.3, -0.25) is 0 Å². The lowest BCUT2D eigenvalue weighted by Crippen LogP contribution is -1.98. The predicted octanol–water partition coefficient (Wildman–Crippen LogP) is 2.95. The lowest BCUT2D eigenvalue weighted by atomic mass is 10.2. The Morgan fingerprint density at radius 2 is 2.08 bits per heavy atom. The van der Waals surface area contributed by atoms with Gasteiger partial charge in [0.05, 0.1) is 22.9 Å². The van der Waals surface area contributed by atoms with Gasteiger partial charge in [0, 0.05) is 18.0 Å². The standard InChI is InChI=1S/C9H9IN2/c1-12(10)9-6-7-4-2-3-5-8(7)11-9/h2-6,11H,1H3. The summed E-state index contributed by atoms with van der Waals surface area (Å²) < 4.78 is 2.04. The molecule has 0 fully saturated rings. The van der Waals surface area contributed by atoms with Crippen molar-refractivity contribution in [2.24, 2.45) is 0 Å². The Morgan fingerprint density at radius 1 is 1.33 bits per heavy atom. The van der Waals surface area contributed by atoms with E-state index in [9.17, 15) is 0 Å². The lowest BCUT2D eigenvalue weighted by Gasteiger charge is -2.04. The number of halogens is 1. The Bertz CT molecular complexity index is 359. The van der Waals surface area contributed by atoms with Gasteiger partial charge in [0.25, 0.3) is 0 Å². The van der Waals surface area contributed by atoms with Crippen LogP contribution < -0.4 is 3.11 Å². The van der Waals surface area contributed by atoms with E-state index in [1.165, 1.54) is 10.9 Å². The number of hydrogen-bond donors (Lipinski definition) is 1. The quantitative estimate of drug-likeness (QED) is 0.624. The molecule has 1 heterocycles. The number of H-pyrrole nitrogens is 1. The van der Waals surface area contributed by atoms with Gasteiger partial charge in [-0.05, 0) is 12.1 Å². The van der Waals surface area contributed by atoms with Crippen molar-refractivity contribution in [2.45, 2.75) is 0 Å². The zero-order chi connectivity index (χ0) is 8.55. The van der Waals surface area contributed by atoms with E-state index in [-0.39, 0.29) is 0 Å². The van der Waals surface area contributed by atoms with Gasteiger partial charge in [0.2, 0.25) is 0 Å². The van der Waals surface area contributed by atoms with Crippen molar-refractivity contribution in [2.75, 3.05) is 10.2 Å². The second-order valence-electron chi connectivity index (χ2n) is 2.72. The Labute approximate surface area is 85.1 Å². The molecule has 0 atom stereocenters. The van der Waals surface area contributed by atoms with Crippen molar-refractivity contribution >= 4 is 39.6 Å². The van der Waals surface area contributed by atoms with E-state index in [4.69, 9.17) is 0 Å². The zero-order valence-corrected chi connectivity index (χ0v) is 8.87. The van der Waals surface area contributed by atoms with Gasteiger partial charge in [0.1, 0.15) is 5.82 Å². The number of nitrogens with zero attached hydrogens (tertiary/aromatic N) is 1. The van der Waals surface area contributed by atoms with Gasteiger partial charge in [-0.25, -0.2) is 0 Å². The Kier molecular flexibility index (Phi) is 1.96. The van der Waals surface area contributed by atoms with Gasteiger partial charge in [-0.1, -0.05) is 18.2 Å². The lowest BCUT2D eigenvalue weighted by molar-refractivity contribution is 1.32. The van der Waals surface area contributed by atoms with Crippen molar-refractivity contribution < 1.29 is 0 Å². The Hall–Kier alpha value is -0.710. The molecule has 12 heavy (non-hydrogen) atoms. The van der Waals surface area contributed by atoms with Crippen LogP contribution in [0, 0.1) is 0 Å². The highest BCUT2D eigenvalue weighted by Crippen LogP contribution is 2.22. The molecule has 2 aromatic rings. The van der Waals surface area contributed by atoms with Crippen molar-refractivity contribution in [3.05, 3.63) is 30.3 Å². The number of fused-ring (bicyclic) bond motifs is 1. The van der Waals surface area contributed by atoms with Gasteiger partial charge in [0.15, 0.2) is 0 Å². The molecule has 1 N–H and O–H groups in total. The summed E-state index contributed by atoms with van der Waals surface area (Å²) in [5.74, 6) is 1.14. The van der Waals surface area contributed by atoms with Crippen LogP contribution in [0.3, 0.4) is 0 Å². The summed E-state index contributed by atoms with van der Waals surface area (Å²) in [5, 5.41) is 1.26. The number of nitrogens with one attached hydrogen (secondary N) is 1. The largest absolute Gasteiger partial charge is 0.341 e. The first-order valence-electron chi connectivity index (χ1n) is 3.74. The molecule has 0 bridgehead atoms. The molecular formula is C9H9IN2. The maximum Gasteiger partial charge on any atom is 0.115 e.